The lowest BCUT2D eigenvalue weighted by atomic mass is 10.2. The number of nitrogens with one attached hydrogen (secondary N) is 1. The third-order valence-corrected chi connectivity index (χ3v) is 4.08. The van der Waals surface area contributed by atoms with Gasteiger partial charge in [-0.15, -0.1) is 5.10 Å². The minimum atomic E-state index is -0.403. The van der Waals surface area contributed by atoms with Gasteiger partial charge in [-0.05, 0) is 31.2 Å². The number of aromatic nitrogens is 3. The zero-order valence-electron chi connectivity index (χ0n) is 15.5. The number of hydrogen-bond donors (Lipinski definition) is 1. The lowest BCUT2D eigenvalue weighted by Crippen LogP contribution is -2.15. The van der Waals surface area contributed by atoms with Gasteiger partial charge < -0.3 is 19.5 Å². The summed E-state index contributed by atoms with van der Waals surface area (Å²) in [5, 5.41) is 10.9. The minimum absolute atomic E-state index is 0.200. The van der Waals surface area contributed by atoms with Crippen LogP contribution in [0.1, 0.15) is 16.2 Å². The number of nitrogens with zero attached hydrogens (tertiary/aromatic N) is 3. The van der Waals surface area contributed by atoms with E-state index >= 15 is 0 Å². The summed E-state index contributed by atoms with van der Waals surface area (Å²) in [4.78, 5) is 12.7. The number of ether oxygens (including phenoxy) is 3. The maximum atomic E-state index is 12.7. The maximum Gasteiger partial charge on any atom is 0.278 e. The molecule has 0 saturated carbocycles. The van der Waals surface area contributed by atoms with Crippen LogP contribution in [0.25, 0.3) is 5.69 Å². The fourth-order valence-electron chi connectivity index (χ4n) is 2.67. The maximum absolute atomic E-state index is 12.7. The van der Waals surface area contributed by atoms with Crippen LogP contribution in [-0.4, -0.2) is 42.2 Å². The highest BCUT2D eigenvalue weighted by Crippen LogP contribution is 2.29. The summed E-state index contributed by atoms with van der Waals surface area (Å²) in [7, 11) is 4.66. The van der Waals surface area contributed by atoms with Gasteiger partial charge in [-0.2, -0.15) is 0 Å². The number of rotatable bonds is 6. The highest BCUT2D eigenvalue weighted by molar-refractivity contribution is 6.04. The van der Waals surface area contributed by atoms with Crippen LogP contribution in [0.4, 0.5) is 5.69 Å². The highest BCUT2D eigenvalue weighted by atomic mass is 16.5. The average molecular weight is 368 g/mol. The molecule has 8 heteroatoms. The van der Waals surface area contributed by atoms with Crippen LogP contribution >= 0.6 is 0 Å². The Labute approximate surface area is 156 Å². The van der Waals surface area contributed by atoms with E-state index < -0.39 is 5.91 Å². The number of benzene rings is 2. The molecule has 3 aromatic rings. The number of carbonyl (C=O) groups excluding carboxylic acids is 1. The molecule has 0 fully saturated rings. The zero-order valence-corrected chi connectivity index (χ0v) is 15.5. The molecule has 0 bridgehead atoms. The third-order valence-electron chi connectivity index (χ3n) is 4.08. The van der Waals surface area contributed by atoms with E-state index in [1.165, 1.54) is 7.11 Å². The van der Waals surface area contributed by atoms with Crippen LogP contribution in [0, 0.1) is 6.92 Å². The van der Waals surface area contributed by atoms with Crippen LogP contribution in [-0.2, 0) is 0 Å². The quantitative estimate of drug-likeness (QED) is 0.720. The van der Waals surface area contributed by atoms with Crippen LogP contribution in [0.3, 0.4) is 0 Å². The van der Waals surface area contributed by atoms with Crippen molar-refractivity contribution in [3.8, 4) is 22.9 Å². The van der Waals surface area contributed by atoms with Gasteiger partial charge in [0, 0.05) is 6.07 Å². The summed E-state index contributed by atoms with van der Waals surface area (Å²) in [6.07, 6.45) is 0. The van der Waals surface area contributed by atoms with Gasteiger partial charge in [0.2, 0.25) is 0 Å². The molecule has 8 nitrogen and oxygen atoms in total. The monoisotopic (exact) mass is 368 g/mol. The van der Waals surface area contributed by atoms with Gasteiger partial charge in [-0.3, -0.25) is 4.79 Å². The molecule has 0 aliphatic carbocycles. The topological polar surface area (TPSA) is 87.5 Å². The normalized spacial score (nSPS) is 10.4. The van der Waals surface area contributed by atoms with Crippen molar-refractivity contribution in [1.82, 2.24) is 15.0 Å². The Morgan fingerprint density at radius 1 is 1.00 bits per heavy atom. The van der Waals surface area contributed by atoms with E-state index in [2.05, 4.69) is 15.6 Å². The van der Waals surface area contributed by atoms with Crippen molar-refractivity contribution in [3.63, 3.8) is 0 Å². The van der Waals surface area contributed by atoms with Crippen LogP contribution in [0.5, 0.6) is 17.2 Å². The number of carbonyl (C=O) groups is 1. The van der Waals surface area contributed by atoms with Crippen molar-refractivity contribution in [1.29, 1.82) is 0 Å². The Kier molecular flexibility index (Phi) is 5.25. The molecule has 0 radical (unpaired) electrons. The molecule has 1 amide bonds. The van der Waals surface area contributed by atoms with Gasteiger partial charge in [-0.1, -0.05) is 17.3 Å². The first-order valence-corrected chi connectivity index (χ1v) is 8.18. The Morgan fingerprint density at radius 2 is 1.74 bits per heavy atom. The van der Waals surface area contributed by atoms with Crippen LogP contribution in [0.2, 0.25) is 0 Å². The van der Waals surface area contributed by atoms with E-state index in [1.54, 1.807) is 44.0 Å². The van der Waals surface area contributed by atoms with Crippen LogP contribution in [0.15, 0.2) is 42.5 Å². The van der Waals surface area contributed by atoms with Gasteiger partial charge in [0.05, 0.1) is 32.7 Å². The second-order valence-corrected chi connectivity index (χ2v) is 5.63. The zero-order chi connectivity index (χ0) is 19.4. The Hall–Kier alpha value is -3.55. The predicted molar refractivity (Wildman–Crippen MR) is 100 cm³/mol. The first-order valence-electron chi connectivity index (χ1n) is 8.18. The Morgan fingerprint density at radius 3 is 2.44 bits per heavy atom. The number of para-hydroxylation sites is 2. The van der Waals surface area contributed by atoms with Gasteiger partial charge in [-0.25, -0.2) is 4.68 Å². The van der Waals surface area contributed by atoms with Crippen molar-refractivity contribution in [2.24, 2.45) is 0 Å². The summed E-state index contributed by atoms with van der Waals surface area (Å²) < 4.78 is 17.4. The molecule has 0 spiro atoms. The molecule has 1 aromatic heterocycles. The average Bonchev–Trinajstić information content (AvgIpc) is 3.09. The fraction of sp³-hybridized carbons (Fsp3) is 0.211. The third kappa shape index (κ3) is 3.55. The van der Waals surface area contributed by atoms with Crippen molar-refractivity contribution in [2.75, 3.05) is 26.6 Å². The SMILES string of the molecule is COc1ccc(OC)c(NC(=O)c2nnn(-c3ccccc3OC)c2C)c1. The van der Waals surface area contributed by atoms with E-state index in [4.69, 9.17) is 14.2 Å². The molecule has 2 aromatic carbocycles. The second-order valence-electron chi connectivity index (χ2n) is 5.63. The van der Waals surface area contributed by atoms with Gasteiger partial charge in [0.15, 0.2) is 5.69 Å². The summed E-state index contributed by atoms with van der Waals surface area (Å²) in [5.41, 5.74) is 1.96. The molecule has 1 heterocycles. The summed E-state index contributed by atoms with van der Waals surface area (Å²) in [6.45, 7) is 1.77. The highest BCUT2D eigenvalue weighted by Gasteiger charge is 2.20. The first kappa shape index (κ1) is 18.2. The Balaban J connectivity index is 1.92. The smallest absolute Gasteiger partial charge is 0.278 e. The van der Waals surface area contributed by atoms with E-state index in [0.29, 0.717) is 34.3 Å². The molecular weight excluding hydrogens is 348 g/mol. The van der Waals surface area contributed by atoms with Crippen LogP contribution < -0.4 is 19.5 Å². The molecule has 27 heavy (non-hydrogen) atoms. The largest absolute Gasteiger partial charge is 0.497 e. The molecule has 0 aliphatic heterocycles. The molecule has 0 aliphatic rings. The summed E-state index contributed by atoms with van der Waals surface area (Å²) >= 11 is 0. The van der Waals surface area contributed by atoms with E-state index in [1.807, 2.05) is 24.3 Å². The van der Waals surface area contributed by atoms with Crippen molar-refractivity contribution in [3.05, 3.63) is 53.9 Å². The fourth-order valence-corrected chi connectivity index (χ4v) is 2.67. The van der Waals surface area contributed by atoms with E-state index in [-0.39, 0.29) is 5.69 Å². The molecule has 3 rings (SSSR count). The van der Waals surface area contributed by atoms with Crippen molar-refractivity contribution in [2.45, 2.75) is 6.92 Å². The molecule has 0 atom stereocenters. The van der Waals surface area contributed by atoms with E-state index in [0.717, 1.165) is 0 Å². The number of methoxy groups -OCH3 is 3. The number of anilines is 1. The van der Waals surface area contributed by atoms with Crippen molar-refractivity contribution < 1.29 is 19.0 Å². The van der Waals surface area contributed by atoms with Gasteiger partial charge >= 0.3 is 0 Å². The lowest BCUT2D eigenvalue weighted by molar-refractivity contribution is 0.102. The van der Waals surface area contributed by atoms with Gasteiger partial charge in [0.25, 0.3) is 5.91 Å². The van der Waals surface area contributed by atoms with E-state index in [9.17, 15) is 4.79 Å². The number of hydrogen-bond acceptors (Lipinski definition) is 6. The molecule has 0 unspecified atom stereocenters. The molecular formula is C19H20N4O4. The molecule has 140 valence electrons. The summed E-state index contributed by atoms with van der Waals surface area (Å²) in [6, 6.07) is 12.5. The van der Waals surface area contributed by atoms with Crippen molar-refractivity contribution >= 4 is 11.6 Å². The predicted octanol–water partition coefficient (Wildman–Crippen LogP) is 2.85. The first-order chi connectivity index (χ1) is 13.1. The minimum Gasteiger partial charge on any atom is -0.497 e. The lowest BCUT2D eigenvalue weighted by Gasteiger charge is -2.11. The van der Waals surface area contributed by atoms with Gasteiger partial charge in [0.1, 0.15) is 22.9 Å². The Bertz CT molecular complexity index is 968. The second kappa shape index (κ2) is 7.77. The summed E-state index contributed by atoms with van der Waals surface area (Å²) in [5.74, 6) is 1.34. The molecule has 0 saturated heterocycles. The molecule has 1 N–H and O–H groups in total. The number of amides is 1. The standard InChI is InChI=1S/C19H20N4O4/c1-12-18(21-22-23(12)15-7-5-6-8-17(15)27-4)19(24)20-14-11-13(25-2)9-10-16(14)26-3/h5-11H,1-4H3,(H,20,24).